The van der Waals surface area contributed by atoms with Crippen LogP contribution in [0, 0.1) is 11.8 Å². The Kier molecular flexibility index (Phi) is 14.5. The molecule has 0 radical (unpaired) electrons. The molecule has 0 saturated carbocycles. The third-order valence-electron chi connectivity index (χ3n) is 5.89. The molecular weight excluding hydrogens is 464 g/mol. The fourth-order valence-electron chi connectivity index (χ4n) is 3.88. The quantitative estimate of drug-likeness (QED) is 0.168. The van der Waals surface area contributed by atoms with Crippen LogP contribution in [0.3, 0.4) is 0 Å². The smallest absolute Gasteiger partial charge is 0.339 e. The van der Waals surface area contributed by atoms with E-state index >= 15 is 0 Å². The Bertz CT molecular complexity index is 873. The van der Waals surface area contributed by atoms with Crippen molar-refractivity contribution in [1.82, 2.24) is 0 Å². The summed E-state index contributed by atoms with van der Waals surface area (Å²) in [6.07, 6.45) is 9.37. The van der Waals surface area contributed by atoms with Gasteiger partial charge in [0.05, 0.1) is 35.5 Å². The first-order valence-corrected chi connectivity index (χ1v) is 13.0. The predicted octanol–water partition coefficient (Wildman–Crippen LogP) is 6.61. The summed E-state index contributed by atoms with van der Waals surface area (Å²) in [6.45, 7) is 8.81. The monoisotopic (exact) mass is 506 g/mol. The first-order chi connectivity index (χ1) is 17.1. The van der Waals surface area contributed by atoms with Crippen molar-refractivity contribution in [3.8, 4) is 0 Å². The first-order valence-electron chi connectivity index (χ1n) is 13.0. The number of benzene rings is 1. The third-order valence-corrected chi connectivity index (χ3v) is 5.89. The van der Waals surface area contributed by atoms with Crippen LogP contribution in [0.5, 0.6) is 0 Å². The van der Waals surface area contributed by atoms with Crippen molar-refractivity contribution in [3.63, 3.8) is 0 Å². The Morgan fingerprint density at radius 3 is 1.50 bits per heavy atom. The molecule has 8 heteroatoms. The maximum Gasteiger partial charge on any atom is 0.339 e. The minimum atomic E-state index is -1.63. The molecule has 0 fully saturated rings. The van der Waals surface area contributed by atoms with Gasteiger partial charge in [-0.2, -0.15) is 0 Å². The van der Waals surface area contributed by atoms with E-state index in [1.165, 1.54) is 0 Å². The summed E-state index contributed by atoms with van der Waals surface area (Å²) < 4.78 is 10.5. The molecule has 0 saturated heterocycles. The molecular formula is C28H42O8. The Labute approximate surface area is 214 Å². The molecule has 0 unspecified atom stereocenters. The molecule has 0 heterocycles. The summed E-state index contributed by atoms with van der Waals surface area (Å²) in [5, 5.41) is 19.1. The van der Waals surface area contributed by atoms with Crippen LogP contribution in [0.15, 0.2) is 12.1 Å². The molecule has 1 aromatic carbocycles. The number of esters is 2. The molecule has 0 aliphatic rings. The van der Waals surface area contributed by atoms with E-state index in [0.29, 0.717) is 24.7 Å². The largest absolute Gasteiger partial charge is 0.478 e. The van der Waals surface area contributed by atoms with Gasteiger partial charge in [-0.05, 0) is 36.8 Å². The minimum Gasteiger partial charge on any atom is -0.478 e. The number of rotatable bonds is 18. The fraction of sp³-hybridized carbons (Fsp3) is 0.643. The highest BCUT2D eigenvalue weighted by Gasteiger charge is 2.31. The van der Waals surface area contributed by atoms with Crippen molar-refractivity contribution in [3.05, 3.63) is 34.4 Å². The predicted molar refractivity (Wildman–Crippen MR) is 137 cm³/mol. The molecule has 8 nitrogen and oxygen atoms in total. The molecule has 0 amide bonds. The summed E-state index contributed by atoms with van der Waals surface area (Å²) in [5.74, 6) is -3.80. The number of hydrogen-bond acceptors (Lipinski definition) is 6. The molecule has 1 aromatic rings. The molecule has 1 rings (SSSR count). The van der Waals surface area contributed by atoms with Crippen LogP contribution in [-0.4, -0.2) is 47.3 Å². The van der Waals surface area contributed by atoms with Gasteiger partial charge in [0.25, 0.3) is 0 Å². The second-order valence-electron chi connectivity index (χ2n) is 9.99. The Hall–Kier alpha value is -2.90. The lowest BCUT2D eigenvalue weighted by atomic mass is 9.95. The van der Waals surface area contributed by atoms with Crippen molar-refractivity contribution in [1.29, 1.82) is 0 Å². The number of carbonyl (C=O) groups excluding carboxylic acids is 2. The zero-order valence-electron chi connectivity index (χ0n) is 22.1. The molecule has 36 heavy (non-hydrogen) atoms. The standard InChI is InChI=1S/C28H42O8/c1-19(2)13-9-5-7-11-17-35-27(33)22-16-15-21(25(29)30)23(26(31)32)24(22)28(34)36-18-12-8-6-10-14-20(3)4/h15-16,19-20H,5-14,17-18H2,1-4H3,(H,29,30)(H,31,32). The molecule has 0 aliphatic carbocycles. The number of carboxylic acids is 2. The SMILES string of the molecule is CC(C)CCCCCCOC(=O)c1ccc(C(=O)O)c(C(=O)O)c1C(=O)OCCCCCCC(C)C. The maximum atomic E-state index is 12.9. The number of unbranched alkanes of at least 4 members (excludes halogenated alkanes) is 6. The number of carboxylic acid groups (broad SMARTS) is 2. The second-order valence-corrected chi connectivity index (χ2v) is 9.99. The van der Waals surface area contributed by atoms with Crippen LogP contribution in [0.4, 0.5) is 0 Å². The van der Waals surface area contributed by atoms with Crippen LogP contribution in [0.1, 0.15) is 133 Å². The van der Waals surface area contributed by atoms with E-state index in [0.717, 1.165) is 63.5 Å². The highest BCUT2D eigenvalue weighted by Crippen LogP contribution is 2.23. The van der Waals surface area contributed by atoms with Crippen LogP contribution >= 0.6 is 0 Å². The average Bonchev–Trinajstić information content (AvgIpc) is 2.80. The van der Waals surface area contributed by atoms with E-state index in [2.05, 4.69) is 27.7 Å². The number of hydrogen-bond donors (Lipinski definition) is 2. The van der Waals surface area contributed by atoms with Crippen molar-refractivity contribution in [2.45, 2.75) is 91.9 Å². The van der Waals surface area contributed by atoms with Crippen LogP contribution in [0.2, 0.25) is 0 Å². The lowest BCUT2D eigenvalue weighted by molar-refractivity contribution is 0.0444. The van der Waals surface area contributed by atoms with E-state index in [-0.39, 0.29) is 18.8 Å². The number of ether oxygens (including phenoxy) is 2. The van der Waals surface area contributed by atoms with E-state index < -0.39 is 40.6 Å². The first kappa shape index (κ1) is 31.1. The van der Waals surface area contributed by atoms with Gasteiger partial charge in [-0.15, -0.1) is 0 Å². The fourth-order valence-corrected chi connectivity index (χ4v) is 3.88. The zero-order chi connectivity index (χ0) is 27.1. The van der Waals surface area contributed by atoms with Gasteiger partial charge in [0.15, 0.2) is 0 Å². The molecule has 202 valence electrons. The summed E-state index contributed by atoms with van der Waals surface area (Å²) in [5.41, 5.74) is -2.25. The molecule has 0 bridgehead atoms. The minimum absolute atomic E-state index is 0.0434. The Morgan fingerprint density at radius 2 is 1.06 bits per heavy atom. The van der Waals surface area contributed by atoms with Gasteiger partial charge in [0.2, 0.25) is 0 Å². The molecule has 2 N–H and O–H groups in total. The summed E-state index contributed by atoms with van der Waals surface area (Å²) in [7, 11) is 0. The van der Waals surface area contributed by atoms with Crippen LogP contribution < -0.4 is 0 Å². The van der Waals surface area contributed by atoms with Gasteiger partial charge < -0.3 is 19.7 Å². The highest BCUT2D eigenvalue weighted by molar-refractivity contribution is 6.14. The Balaban J connectivity index is 2.88. The van der Waals surface area contributed by atoms with Gasteiger partial charge in [-0.25, -0.2) is 19.2 Å². The van der Waals surface area contributed by atoms with Gasteiger partial charge in [0, 0.05) is 0 Å². The number of carbonyl (C=O) groups is 4. The lowest BCUT2D eigenvalue weighted by Gasteiger charge is -2.14. The topological polar surface area (TPSA) is 127 Å². The van der Waals surface area contributed by atoms with Crippen molar-refractivity contribution in [2.24, 2.45) is 11.8 Å². The molecule has 0 atom stereocenters. The Morgan fingerprint density at radius 1 is 0.611 bits per heavy atom. The molecule has 0 spiro atoms. The molecule has 0 aliphatic heterocycles. The van der Waals surface area contributed by atoms with E-state index in [9.17, 15) is 29.4 Å². The van der Waals surface area contributed by atoms with E-state index in [1.54, 1.807) is 0 Å². The van der Waals surface area contributed by atoms with E-state index in [4.69, 9.17) is 9.47 Å². The van der Waals surface area contributed by atoms with Gasteiger partial charge in [-0.1, -0.05) is 79.1 Å². The van der Waals surface area contributed by atoms with Crippen molar-refractivity contribution >= 4 is 23.9 Å². The number of aromatic carboxylic acids is 2. The normalized spacial score (nSPS) is 11.1. The summed E-state index contributed by atoms with van der Waals surface area (Å²) in [4.78, 5) is 49.1. The third kappa shape index (κ3) is 11.2. The highest BCUT2D eigenvalue weighted by atomic mass is 16.5. The summed E-state index contributed by atoms with van der Waals surface area (Å²) in [6, 6.07) is 2.11. The summed E-state index contributed by atoms with van der Waals surface area (Å²) >= 11 is 0. The average molecular weight is 507 g/mol. The molecule has 0 aromatic heterocycles. The van der Waals surface area contributed by atoms with Crippen LogP contribution in [-0.2, 0) is 9.47 Å². The maximum absolute atomic E-state index is 12.9. The van der Waals surface area contributed by atoms with Crippen LogP contribution in [0.25, 0.3) is 0 Å². The zero-order valence-corrected chi connectivity index (χ0v) is 22.1. The lowest BCUT2D eigenvalue weighted by Crippen LogP contribution is -2.22. The van der Waals surface area contributed by atoms with E-state index in [1.807, 2.05) is 0 Å². The van der Waals surface area contributed by atoms with Crippen molar-refractivity contribution < 1.29 is 38.9 Å². The second kappa shape index (κ2) is 16.7. The van der Waals surface area contributed by atoms with Gasteiger partial charge in [0.1, 0.15) is 0 Å². The van der Waals surface area contributed by atoms with Gasteiger partial charge >= 0.3 is 23.9 Å². The van der Waals surface area contributed by atoms with Crippen molar-refractivity contribution in [2.75, 3.05) is 13.2 Å². The van der Waals surface area contributed by atoms with Gasteiger partial charge in [-0.3, -0.25) is 0 Å².